The molecule has 0 radical (unpaired) electrons. The molecule has 0 aliphatic rings. The van der Waals surface area contributed by atoms with E-state index in [-0.39, 0.29) is 5.91 Å². The summed E-state index contributed by atoms with van der Waals surface area (Å²) in [6.07, 6.45) is -0.699. The van der Waals surface area contributed by atoms with Gasteiger partial charge in [-0.3, -0.25) is 9.59 Å². The average Bonchev–Trinajstić information content (AvgIpc) is 2.66. The van der Waals surface area contributed by atoms with Gasteiger partial charge in [0.15, 0.2) is 17.6 Å². The Labute approximate surface area is 152 Å². The number of benzene rings is 2. The number of carbonyl (C=O) groups is 2. The Morgan fingerprint density at radius 1 is 1.04 bits per heavy atom. The van der Waals surface area contributed by atoms with Crippen molar-refractivity contribution < 1.29 is 23.8 Å². The lowest BCUT2D eigenvalue weighted by atomic mass is 10.2. The number of primary amides is 1. The monoisotopic (exact) mass is 358 g/mol. The van der Waals surface area contributed by atoms with E-state index >= 15 is 0 Å². The molecule has 0 aliphatic heterocycles. The fraction of sp³-hybridized carbons (Fsp3) is 0.263. The van der Waals surface area contributed by atoms with Crippen LogP contribution >= 0.6 is 0 Å². The molecular formula is C19H22N2O5. The summed E-state index contributed by atoms with van der Waals surface area (Å²) in [6, 6.07) is 11.7. The maximum absolute atomic E-state index is 12.2. The van der Waals surface area contributed by atoms with Crippen LogP contribution in [0, 0.1) is 0 Å². The number of nitrogens with one attached hydrogen (secondary N) is 1. The van der Waals surface area contributed by atoms with Crippen LogP contribution in [0.2, 0.25) is 0 Å². The maximum Gasteiger partial charge on any atom is 0.261 e. The quantitative estimate of drug-likeness (QED) is 0.751. The Kier molecular flexibility index (Phi) is 6.43. The number of rotatable bonds is 8. The summed E-state index contributed by atoms with van der Waals surface area (Å²) in [5.41, 5.74) is 6.43. The van der Waals surface area contributed by atoms with Crippen LogP contribution in [-0.4, -0.2) is 32.1 Å². The van der Waals surface area contributed by atoms with Crippen LogP contribution in [-0.2, 0) is 11.3 Å². The average molecular weight is 358 g/mol. The maximum atomic E-state index is 12.2. The SMILES string of the molecule is COc1ccc(CNC(=O)[C@@H](C)Oc2ccc(C(N)=O)cc2)cc1OC. The first-order valence-corrected chi connectivity index (χ1v) is 7.99. The van der Waals surface area contributed by atoms with E-state index in [0.29, 0.717) is 29.4 Å². The van der Waals surface area contributed by atoms with Crippen molar-refractivity contribution in [1.29, 1.82) is 0 Å². The number of methoxy groups -OCH3 is 2. The lowest BCUT2D eigenvalue weighted by Gasteiger charge is -2.15. The molecule has 26 heavy (non-hydrogen) atoms. The van der Waals surface area contributed by atoms with Gasteiger partial charge in [0, 0.05) is 12.1 Å². The van der Waals surface area contributed by atoms with Gasteiger partial charge in [-0.15, -0.1) is 0 Å². The highest BCUT2D eigenvalue weighted by Gasteiger charge is 2.15. The molecule has 3 N–H and O–H groups in total. The van der Waals surface area contributed by atoms with Crippen molar-refractivity contribution in [3.63, 3.8) is 0 Å². The second-order valence-electron chi connectivity index (χ2n) is 5.56. The van der Waals surface area contributed by atoms with Crippen molar-refractivity contribution >= 4 is 11.8 Å². The molecule has 2 aromatic rings. The summed E-state index contributed by atoms with van der Waals surface area (Å²) in [4.78, 5) is 23.3. The largest absolute Gasteiger partial charge is 0.493 e. The van der Waals surface area contributed by atoms with Crippen molar-refractivity contribution in [3.8, 4) is 17.2 Å². The third-order valence-electron chi connectivity index (χ3n) is 3.74. The lowest BCUT2D eigenvalue weighted by molar-refractivity contribution is -0.127. The van der Waals surface area contributed by atoms with Crippen molar-refractivity contribution in [2.24, 2.45) is 5.73 Å². The van der Waals surface area contributed by atoms with Crippen LogP contribution in [0.4, 0.5) is 0 Å². The summed E-state index contributed by atoms with van der Waals surface area (Å²) in [5, 5.41) is 2.80. The van der Waals surface area contributed by atoms with Crippen LogP contribution in [0.5, 0.6) is 17.2 Å². The van der Waals surface area contributed by atoms with Crippen LogP contribution in [0.1, 0.15) is 22.8 Å². The molecule has 1 atom stereocenters. The predicted molar refractivity (Wildman–Crippen MR) is 96.4 cm³/mol. The second kappa shape index (κ2) is 8.75. The molecule has 0 spiro atoms. The lowest BCUT2D eigenvalue weighted by Crippen LogP contribution is -2.35. The number of hydrogen-bond acceptors (Lipinski definition) is 5. The van der Waals surface area contributed by atoms with E-state index in [1.165, 1.54) is 0 Å². The van der Waals surface area contributed by atoms with Gasteiger partial charge >= 0.3 is 0 Å². The summed E-state index contributed by atoms with van der Waals surface area (Å²) in [7, 11) is 3.12. The molecule has 0 aliphatic carbocycles. The molecule has 0 aromatic heterocycles. The van der Waals surface area contributed by atoms with Crippen LogP contribution in [0.3, 0.4) is 0 Å². The minimum atomic E-state index is -0.699. The first-order chi connectivity index (χ1) is 12.4. The Hall–Kier alpha value is -3.22. The smallest absolute Gasteiger partial charge is 0.261 e. The van der Waals surface area contributed by atoms with Crippen LogP contribution < -0.4 is 25.3 Å². The fourth-order valence-corrected chi connectivity index (χ4v) is 2.28. The zero-order valence-electron chi connectivity index (χ0n) is 14.9. The Bertz CT molecular complexity index is 774. The van der Waals surface area contributed by atoms with Gasteiger partial charge in [0.2, 0.25) is 5.91 Å². The molecular weight excluding hydrogens is 336 g/mol. The molecule has 2 aromatic carbocycles. The minimum Gasteiger partial charge on any atom is -0.493 e. The van der Waals surface area contributed by atoms with Crippen molar-refractivity contribution in [3.05, 3.63) is 53.6 Å². The minimum absolute atomic E-state index is 0.265. The van der Waals surface area contributed by atoms with Gasteiger partial charge in [0.25, 0.3) is 5.91 Å². The predicted octanol–water partition coefficient (Wildman–Crippen LogP) is 1.89. The van der Waals surface area contributed by atoms with Crippen molar-refractivity contribution in [1.82, 2.24) is 5.32 Å². The molecule has 0 saturated carbocycles. The fourth-order valence-electron chi connectivity index (χ4n) is 2.28. The molecule has 2 rings (SSSR count). The standard InChI is InChI=1S/C19H22N2O5/c1-12(26-15-7-5-14(6-8-15)18(20)22)19(23)21-11-13-4-9-16(24-2)17(10-13)25-3/h4-10,12H,11H2,1-3H3,(H2,20,22)(H,21,23)/t12-/m1/s1. The first kappa shape index (κ1) is 19.1. The molecule has 0 fully saturated rings. The zero-order valence-corrected chi connectivity index (χ0v) is 14.9. The molecule has 7 heteroatoms. The summed E-state index contributed by atoms with van der Waals surface area (Å²) >= 11 is 0. The molecule has 7 nitrogen and oxygen atoms in total. The highest BCUT2D eigenvalue weighted by Crippen LogP contribution is 2.27. The molecule has 0 saturated heterocycles. The van der Waals surface area contributed by atoms with Gasteiger partial charge in [0.1, 0.15) is 5.75 Å². The van der Waals surface area contributed by atoms with E-state index in [0.717, 1.165) is 5.56 Å². The van der Waals surface area contributed by atoms with Gasteiger partial charge in [-0.05, 0) is 48.9 Å². The Morgan fingerprint density at radius 3 is 2.27 bits per heavy atom. The topological polar surface area (TPSA) is 99.9 Å². The van der Waals surface area contributed by atoms with E-state index in [2.05, 4.69) is 5.32 Å². The van der Waals surface area contributed by atoms with E-state index in [9.17, 15) is 9.59 Å². The number of ether oxygens (including phenoxy) is 3. The Morgan fingerprint density at radius 2 is 1.69 bits per heavy atom. The molecule has 2 amide bonds. The highest BCUT2D eigenvalue weighted by atomic mass is 16.5. The molecule has 0 unspecified atom stereocenters. The second-order valence-corrected chi connectivity index (χ2v) is 5.56. The number of amides is 2. The van der Waals surface area contributed by atoms with Gasteiger partial charge < -0.3 is 25.3 Å². The normalized spacial score (nSPS) is 11.3. The van der Waals surface area contributed by atoms with E-state index < -0.39 is 12.0 Å². The summed E-state index contributed by atoms with van der Waals surface area (Å²) in [5.74, 6) is 0.913. The molecule has 138 valence electrons. The van der Waals surface area contributed by atoms with Gasteiger partial charge in [-0.1, -0.05) is 6.07 Å². The number of carbonyl (C=O) groups excluding carboxylic acids is 2. The molecule has 0 heterocycles. The third kappa shape index (κ3) is 4.89. The van der Waals surface area contributed by atoms with E-state index in [1.807, 2.05) is 6.07 Å². The Balaban J connectivity index is 1.91. The first-order valence-electron chi connectivity index (χ1n) is 7.99. The van der Waals surface area contributed by atoms with E-state index in [1.54, 1.807) is 57.5 Å². The number of hydrogen-bond donors (Lipinski definition) is 2. The van der Waals surface area contributed by atoms with Gasteiger partial charge in [-0.2, -0.15) is 0 Å². The van der Waals surface area contributed by atoms with Crippen molar-refractivity contribution in [2.75, 3.05) is 14.2 Å². The van der Waals surface area contributed by atoms with Crippen LogP contribution in [0.25, 0.3) is 0 Å². The highest BCUT2D eigenvalue weighted by molar-refractivity contribution is 5.92. The molecule has 0 bridgehead atoms. The van der Waals surface area contributed by atoms with Crippen LogP contribution in [0.15, 0.2) is 42.5 Å². The van der Waals surface area contributed by atoms with Gasteiger partial charge in [0.05, 0.1) is 14.2 Å². The van der Waals surface area contributed by atoms with Crippen molar-refractivity contribution in [2.45, 2.75) is 19.6 Å². The number of nitrogens with two attached hydrogens (primary N) is 1. The zero-order chi connectivity index (χ0) is 19.1. The van der Waals surface area contributed by atoms with E-state index in [4.69, 9.17) is 19.9 Å². The summed E-state index contributed by atoms with van der Waals surface area (Å²) < 4.78 is 16.0. The summed E-state index contributed by atoms with van der Waals surface area (Å²) in [6.45, 7) is 1.97. The van der Waals surface area contributed by atoms with Gasteiger partial charge in [-0.25, -0.2) is 0 Å². The third-order valence-corrected chi connectivity index (χ3v) is 3.74.